The Bertz CT molecular complexity index is 907. The van der Waals surface area contributed by atoms with E-state index in [1.165, 1.54) is 0 Å². The first-order valence-corrected chi connectivity index (χ1v) is 11.2. The first kappa shape index (κ1) is 23.1. The minimum atomic E-state index is 0.135. The lowest BCUT2D eigenvalue weighted by molar-refractivity contribution is -0.132. The Labute approximate surface area is 185 Å². The van der Waals surface area contributed by atoms with Crippen LogP contribution in [-0.2, 0) is 11.2 Å². The highest BCUT2D eigenvalue weighted by molar-refractivity contribution is 5.99. The summed E-state index contributed by atoms with van der Waals surface area (Å²) in [5.74, 6) is 1.12. The number of hydrogen-bond donors (Lipinski definition) is 0. The molecule has 1 saturated heterocycles. The Balaban J connectivity index is 1.51. The molecule has 0 N–H and O–H groups in total. The van der Waals surface area contributed by atoms with E-state index in [2.05, 4.69) is 30.2 Å². The van der Waals surface area contributed by atoms with E-state index in [-0.39, 0.29) is 11.7 Å². The predicted molar refractivity (Wildman–Crippen MR) is 123 cm³/mol. The highest BCUT2D eigenvalue weighted by atomic mass is 16.5. The van der Waals surface area contributed by atoms with Gasteiger partial charge in [-0.3, -0.25) is 14.5 Å². The fourth-order valence-electron chi connectivity index (χ4n) is 4.45. The molecular weight excluding hydrogens is 390 g/mol. The lowest BCUT2D eigenvalue weighted by Crippen LogP contribution is -2.50. The normalized spacial score (nSPS) is 14.8. The zero-order valence-electron chi connectivity index (χ0n) is 19.5. The molecule has 2 aromatic rings. The van der Waals surface area contributed by atoms with Gasteiger partial charge in [0.15, 0.2) is 5.78 Å². The molecule has 0 unspecified atom stereocenters. The first-order valence-electron chi connectivity index (χ1n) is 11.2. The molecule has 0 saturated carbocycles. The van der Waals surface area contributed by atoms with Crippen molar-refractivity contribution in [3.8, 4) is 5.75 Å². The minimum absolute atomic E-state index is 0.135. The average molecular weight is 426 g/mol. The van der Waals surface area contributed by atoms with E-state index in [1.54, 1.807) is 0 Å². The van der Waals surface area contributed by atoms with Gasteiger partial charge in [-0.1, -0.05) is 12.1 Å². The summed E-state index contributed by atoms with van der Waals surface area (Å²) in [6, 6.07) is 10.1. The Kier molecular flexibility index (Phi) is 7.55. The molecule has 0 spiro atoms. The maximum Gasteiger partial charge on any atom is 0.227 e. The van der Waals surface area contributed by atoms with Crippen molar-refractivity contribution in [2.45, 2.75) is 47.1 Å². The summed E-state index contributed by atoms with van der Waals surface area (Å²) < 4.78 is 7.67. The summed E-state index contributed by atoms with van der Waals surface area (Å²) >= 11 is 0. The smallest absolute Gasteiger partial charge is 0.227 e. The maximum atomic E-state index is 12.9. The molecule has 1 aliphatic heterocycles. The van der Waals surface area contributed by atoms with Crippen LogP contribution in [0.5, 0.6) is 5.75 Å². The molecule has 168 valence electrons. The van der Waals surface area contributed by atoms with Crippen molar-refractivity contribution in [3.63, 3.8) is 0 Å². The first-order chi connectivity index (χ1) is 14.8. The van der Waals surface area contributed by atoms with Gasteiger partial charge in [0.25, 0.3) is 0 Å². The molecule has 2 heterocycles. The number of rotatable bonds is 8. The number of aryl methyl sites for hydroxylation is 1. The van der Waals surface area contributed by atoms with E-state index in [0.717, 1.165) is 41.4 Å². The van der Waals surface area contributed by atoms with Gasteiger partial charge in [0.2, 0.25) is 5.91 Å². The molecule has 0 aliphatic carbocycles. The number of carbonyl (C=O) groups is 2. The van der Waals surface area contributed by atoms with E-state index >= 15 is 0 Å². The molecule has 1 aliphatic rings. The zero-order chi connectivity index (χ0) is 22.5. The Hall–Kier alpha value is -2.60. The maximum absolute atomic E-state index is 12.9. The Morgan fingerprint density at radius 2 is 1.68 bits per heavy atom. The molecule has 1 amide bonds. The van der Waals surface area contributed by atoms with Gasteiger partial charge in [-0.25, -0.2) is 0 Å². The van der Waals surface area contributed by atoms with Crippen molar-refractivity contribution in [3.05, 3.63) is 52.8 Å². The molecular formula is C25H35N3O3. The van der Waals surface area contributed by atoms with Crippen LogP contribution in [0.2, 0.25) is 0 Å². The van der Waals surface area contributed by atoms with Crippen molar-refractivity contribution in [1.82, 2.24) is 14.4 Å². The SMILES string of the molecule is CCOc1ccc(CC(=O)N2CCN(CC(=O)c3cc(C)n(C(C)C)c3C)CC2)cc1. The Morgan fingerprint density at radius 3 is 2.23 bits per heavy atom. The van der Waals surface area contributed by atoms with E-state index in [0.29, 0.717) is 38.7 Å². The molecule has 0 radical (unpaired) electrons. The summed E-state index contributed by atoms with van der Waals surface area (Å²) in [6.45, 7) is 14.1. The number of aromatic nitrogens is 1. The summed E-state index contributed by atoms with van der Waals surface area (Å²) in [5, 5.41) is 0. The quantitative estimate of drug-likeness (QED) is 0.606. The standard InChI is InChI=1S/C25H35N3O3/c1-6-31-22-9-7-21(8-10-22)16-25(30)27-13-11-26(12-14-27)17-24(29)23-15-19(4)28(18(2)3)20(23)5/h7-10,15,18H,6,11-14,16-17H2,1-5H3. The molecule has 1 fully saturated rings. The summed E-state index contributed by atoms with van der Waals surface area (Å²) in [5.41, 5.74) is 3.98. The largest absolute Gasteiger partial charge is 0.494 e. The van der Waals surface area contributed by atoms with Gasteiger partial charge >= 0.3 is 0 Å². The van der Waals surface area contributed by atoms with Crippen LogP contribution < -0.4 is 4.74 Å². The summed E-state index contributed by atoms with van der Waals surface area (Å²) in [4.78, 5) is 29.7. The molecule has 1 aromatic carbocycles. The third-order valence-electron chi connectivity index (χ3n) is 5.98. The van der Waals surface area contributed by atoms with Crippen molar-refractivity contribution in [2.24, 2.45) is 0 Å². The highest BCUT2D eigenvalue weighted by Crippen LogP contribution is 2.21. The topological polar surface area (TPSA) is 54.8 Å². The number of ketones is 1. The number of amides is 1. The molecule has 31 heavy (non-hydrogen) atoms. The molecule has 6 heteroatoms. The van der Waals surface area contributed by atoms with Crippen LogP contribution in [0.15, 0.2) is 30.3 Å². The number of piperazine rings is 1. The second-order valence-electron chi connectivity index (χ2n) is 8.58. The van der Waals surface area contributed by atoms with Crippen LogP contribution in [0.3, 0.4) is 0 Å². The van der Waals surface area contributed by atoms with Crippen LogP contribution >= 0.6 is 0 Å². The van der Waals surface area contributed by atoms with Crippen molar-refractivity contribution in [2.75, 3.05) is 39.3 Å². The molecule has 1 aromatic heterocycles. The van der Waals surface area contributed by atoms with Gasteiger partial charge in [0.1, 0.15) is 5.75 Å². The van der Waals surface area contributed by atoms with Crippen molar-refractivity contribution >= 4 is 11.7 Å². The monoisotopic (exact) mass is 425 g/mol. The molecule has 6 nitrogen and oxygen atoms in total. The number of nitrogens with zero attached hydrogens (tertiary/aromatic N) is 3. The van der Waals surface area contributed by atoms with Gasteiger partial charge in [0.05, 0.1) is 19.6 Å². The fourth-order valence-corrected chi connectivity index (χ4v) is 4.45. The third-order valence-corrected chi connectivity index (χ3v) is 5.98. The van der Waals surface area contributed by atoms with Crippen LogP contribution in [0.1, 0.15) is 54.1 Å². The van der Waals surface area contributed by atoms with E-state index < -0.39 is 0 Å². The lowest BCUT2D eigenvalue weighted by Gasteiger charge is -2.34. The zero-order valence-corrected chi connectivity index (χ0v) is 19.5. The predicted octanol–water partition coefficient (Wildman–Crippen LogP) is 3.65. The molecule has 3 rings (SSSR count). The second-order valence-corrected chi connectivity index (χ2v) is 8.58. The van der Waals surface area contributed by atoms with Crippen LogP contribution in [-0.4, -0.2) is 65.4 Å². The highest BCUT2D eigenvalue weighted by Gasteiger charge is 2.24. The van der Waals surface area contributed by atoms with Crippen LogP contribution in [0.25, 0.3) is 0 Å². The Morgan fingerprint density at radius 1 is 1.03 bits per heavy atom. The number of hydrogen-bond acceptors (Lipinski definition) is 4. The van der Waals surface area contributed by atoms with Crippen molar-refractivity contribution in [1.29, 1.82) is 0 Å². The van der Waals surface area contributed by atoms with Gasteiger partial charge in [-0.15, -0.1) is 0 Å². The molecule has 0 bridgehead atoms. The van der Waals surface area contributed by atoms with Crippen LogP contribution in [0, 0.1) is 13.8 Å². The molecule has 0 atom stereocenters. The van der Waals surface area contributed by atoms with E-state index in [1.807, 2.05) is 49.1 Å². The fraction of sp³-hybridized carbons (Fsp3) is 0.520. The van der Waals surface area contributed by atoms with Crippen LogP contribution in [0.4, 0.5) is 0 Å². The summed E-state index contributed by atoms with van der Waals surface area (Å²) in [6.07, 6.45) is 0.395. The number of ether oxygens (including phenoxy) is 1. The minimum Gasteiger partial charge on any atom is -0.494 e. The van der Waals surface area contributed by atoms with Gasteiger partial charge < -0.3 is 14.2 Å². The van der Waals surface area contributed by atoms with Gasteiger partial charge in [-0.2, -0.15) is 0 Å². The lowest BCUT2D eigenvalue weighted by atomic mass is 10.1. The number of carbonyl (C=O) groups excluding carboxylic acids is 2. The third kappa shape index (κ3) is 5.56. The van der Waals surface area contributed by atoms with Gasteiger partial charge in [0, 0.05) is 49.2 Å². The average Bonchev–Trinajstić information content (AvgIpc) is 3.04. The van der Waals surface area contributed by atoms with E-state index in [9.17, 15) is 9.59 Å². The number of benzene rings is 1. The van der Waals surface area contributed by atoms with E-state index in [4.69, 9.17) is 4.74 Å². The van der Waals surface area contributed by atoms with Gasteiger partial charge in [-0.05, 0) is 58.4 Å². The van der Waals surface area contributed by atoms with Crippen molar-refractivity contribution < 1.29 is 14.3 Å². The summed E-state index contributed by atoms with van der Waals surface area (Å²) in [7, 11) is 0. The number of Topliss-reactive ketones (excluding diaryl/α,β-unsaturated/α-hetero) is 1. The second kappa shape index (κ2) is 10.1.